The summed E-state index contributed by atoms with van der Waals surface area (Å²) in [5.74, 6) is 0.322. The molecule has 0 atom stereocenters. The lowest BCUT2D eigenvalue weighted by atomic mass is 10.3. The Balaban J connectivity index is 0. The molecule has 2 nitrogen and oxygen atoms in total. The molecule has 0 heterocycles. The van der Waals surface area contributed by atoms with E-state index in [0.717, 1.165) is 0 Å². The Bertz CT molecular complexity index is 139. The van der Waals surface area contributed by atoms with Crippen LogP contribution in [-0.2, 0) is 0 Å². The van der Waals surface area contributed by atoms with E-state index in [4.69, 9.17) is 5.11 Å². The molecule has 0 spiro atoms. The molecule has 0 saturated heterocycles. The smallest absolute Gasteiger partial charge is 0.115 e. The third-order valence-electron chi connectivity index (χ3n) is 0.756. The topological polar surface area (TPSA) is 46.2 Å². The van der Waals surface area contributed by atoms with Crippen LogP contribution < -0.4 is 5.73 Å². The molecule has 0 aliphatic carbocycles. The van der Waals surface area contributed by atoms with Crippen LogP contribution in [0.25, 0.3) is 0 Å². The normalized spacial score (nSPS) is 6.55. The lowest BCUT2D eigenvalue weighted by Crippen LogP contribution is -1.69. The number of benzene rings is 1. The lowest BCUT2D eigenvalue weighted by molar-refractivity contribution is 0.475. The fraction of sp³-hybridized carbons (Fsp3) is 0.333. The van der Waals surface area contributed by atoms with Gasteiger partial charge < -0.3 is 10.8 Å². The maximum absolute atomic E-state index is 8.63. The Hall–Kier alpha value is -1.02. The molecule has 1 aromatic carbocycles. The number of rotatable bonds is 0. The van der Waals surface area contributed by atoms with E-state index in [1.54, 1.807) is 24.3 Å². The van der Waals surface area contributed by atoms with Gasteiger partial charge in [-0.1, -0.05) is 32.0 Å². The van der Waals surface area contributed by atoms with Crippen molar-refractivity contribution >= 4 is 0 Å². The van der Waals surface area contributed by atoms with Crippen molar-refractivity contribution in [2.24, 2.45) is 5.73 Å². The molecule has 0 aliphatic heterocycles. The van der Waals surface area contributed by atoms with Gasteiger partial charge in [-0.2, -0.15) is 0 Å². The van der Waals surface area contributed by atoms with E-state index in [1.165, 1.54) is 7.05 Å². The van der Waals surface area contributed by atoms with E-state index >= 15 is 0 Å². The molecule has 0 saturated carbocycles. The fourth-order valence-corrected chi connectivity index (χ4v) is 0.428. The highest BCUT2D eigenvalue weighted by atomic mass is 16.3. The Labute approximate surface area is 68.7 Å². The zero-order valence-corrected chi connectivity index (χ0v) is 7.41. The minimum absolute atomic E-state index is 0.322. The van der Waals surface area contributed by atoms with Gasteiger partial charge in [0.15, 0.2) is 0 Å². The van der Waals surface area contributed by atoms with Gasteiger partial charge in [-0.05, 0) is 19.2 Å². The minimum atomic E-state index is 0.322. The predicted octanol–water partition coefficient (Wildman–Crippen LogP) is 1.99. The van der Waals surface area contributed by atoms with Crippen molar-refractivity contribution in [1.29, 1.82) is 0 Å². The largest absolute Gasteiger partial charge is 0.508 e. The second-order valence-corrected chi connectivity index (χ2v) is 1.34. The van der Waals surface area contributed by atoms with Crippen molar-refractivity contribution in [3.8, 4) is 5.75 Å². The monoisotopic (exact) mass is 155 g/mol. The molecular weight excluding hydrogens is 138 g/mol. The molecule has 0 bridgehead atoms. The van der Waals surface area contributed by atoms with E-state index < -0.39 is 0 Å². The summed E-state index contributed by atoms with van der Waals surface area (Å²) in [4.78, 5) is 0. The number of phenols is 1. The van der Waals surface area contributed by atoms with Crippen LogP contribution in [-0.4, -0.2) is 12.2 Å². The first kappa shape index (κ1) is 12.6. The molecule has 11 heavy (non-hydrogen) atoms. The third kappa shape index (κ3) is 8.98. The van der Waals surface area contributed by atoms with Crippen molar-refractivity contribution < 1.29 is 5.11 Å². The van der Waals surface area contributed by atoms with Crippen LogP contribution in [0.4, 0.5) is 0 Å². The van der Waals surface area contributed by atoms with Gasteiger partial charge in [0, 0.05) is 0 Å². The summed E-state index contributed by atoms with van der Waals surface area (Å²) in [5.41, 5.74) is 4.50. The van der Waals surface area contributed by atoms with Crippen LogP contribution in [0.5, 0.6) is 5.75 Å². The minimum Gasteiger partial charge on any atom is -0.508 e. The second kappa shape index (κ2) is 11.7. The standard InChI is InChI=1S/C6H6O.C2H6.CH5N/c7-6-4-2-1-3-5-6;2*1-2/h1-5,7H;1-2H3;2H2,1H3. The summed E-state index contributed by atoms with van der Waals surface area (Å²) >= 11 is 0. The number of phenolic OH excluding ortho intramolecular Hbond substituents is 1. The molecule has 0 fully saturated rings. The van der Waals surface area contributed by atoms with Crippen molar-refractivity contribution in [1.82, 2.24) is 0 Å². The van der Waals surface area contributed by atoms with E-state index in [-0.39, 0.29) is 0 Å². The molecule has 1 rings (SSSR count). The molecule has 2 heteroatoms. The predicted molar refractivity (Wildman–Crippen MR) is 49.6 cm³/mol. The van der Waals surface area contributed by atoms with Crippen LogP contribution >= 0.6 is 0 Å². The van der Waals surface area contributed by atoms with E-state index in [0.29, 0.717) is 5.75 Å². The van der Waals surface area contributed by atoms with Gasteiger partial charge in [0.2, 0.25) is 0 Å². The third-order valence-corrected chi connectivity index (χ3v) is 0.756. The Morgan fingerprint density at radius 2 is 1.36 bits per heavy atom. The first-order valence-electron chi connectivity index (χ1n) is 3.71. The quantitative estimate of drug-likeness (QED) is 0.602. The molecule has 1 aromatic rings. The van der Waals surface area contributed by atoms with Gasteiger partial charge in [0.05, 0.1) is 0 Å². The zero-order valence-electron chi connectivity index (χ0n) is 7.41. The number of aromatic hydroxyl groups is 1. The second-order valence-electron chi connectivity index (χ2n) is 1.34. The van der Waals surface area contributed by atoms with Crippen LogP contribution in [0.15, 0.2) is 30.3 Å². The lowest BCUT2D eigenvalue weighted by Gasteiger charge is -1.82. The first-order chi connectivity index (χ1) is 5.39. The molecule has 0 amide bonds. The first-order valence-corrected chi connectivity index (χ1v) is 3.71. The van der Waals surface area contributed by atoms with Crippen molar-refractivity contribution in [3.05, 3.63) is 30.3 Å². The van der Waals surface area contributed by atoms with Gasteiger partial charge in [-0.3, -0.25) is 0 Å². The summed E-state index contributed by atoms with van der Waals surface area (Å²) in [6.45, 7) is 4.00. The molecule has 0 radical (unpaired) electrons. The van der Waals surface area contributed by atoms with Gasteiger partial charge in [-0.15, -0.1) is 0 Å². The Morgan fingerprint density at radius 1 is 1.00 bits per heavy atom. The highest BCUT2D eigenvalue weighted by molar-refractivity contribution is 5.18. The molecule has 0 aliphatic rings. The van der Waals surface area contributed by atoms with E-state index in [9.17, 15) is 0 Å². The molecular formula is C9H17NO. The van der Waals surface area contributed by atoms with Gasteiger partial charge in [0.25, 0.3) is 0 Å². The maximum Gasteiger partial charge on any atom is 0.115 e. The van der Waals surface area contributed by atoms with Crippen LogP contribution in [0, 0.1) is 0 Å². The molecule has 64 valence electrons. The van der Waals surface area contributed by atoms with Gasteiger partial charge in [-0.25, -0.2) is 0 Å². The number of hydrogen-bond acceptors (Lipinski definition) is 2. The molecule has 3 N–H and O–H groups in total. The van der Waals surface area contributed by atoms with Gasteiger partial charge in [0.1, 0.15) is 5.75 Å². The van der Waals surface area contributed by atoms with E-state index in [1.807, 2.05) is 19.9 Å². The fourth-order valence-electron chi connectivity index (χ4n) is 0.428. The summed E-state index contributed by atoms with van der Waals surface area (Å²) < 4.78 is 0. The Kier molecular flexibility index (Phi) is 13.5. The highest BCUT2D eigenvalue weighted by Crippen LogP contribution is 2.02. The summed E-state index contributed by atoms with van der Waals surface area (Å²) in [7, 11) is 1.50. The Morgan fingerprint density at radius 3 is 1.55 bits per heavy atom. The van der Waals surface area contributed by atoms with Crippen LogP contribution in [0.3, 0.4) is 0 Å². The van der Waals surface area contributed by atoms with Crippen LogP contribution in [0.2, 0.25) is 0 Å². The van der Waals surface area contributed by atoms with Crippen molar-refractivity contribution in [2.75, 3.05) is 7.05 Å². The SMILES string of the molecule is CC.CN.Oc1ccccc1. The van der Waals surface area contributed by atoms with Crippen LogP contribution in [0.1, 0.15) is 13.8 Å². The summed E-state index contributed by atoms with van der Waals surface area (Å²) in [5, 5.41) is 8.63. The average Bonchev–Trinajstić information content (AvgIpc) is 2.13. The van der Waals surface area contributed by atoms with Crippen molar-refractivity contribution in [2.45, 2.75) is 13.8 Å². The molecule has 0 aromatic heterocycles. The maximum atomic E-state index is 8.63. The summed E-state index contributed by atoms with van der Waals surface area (Å²) in [6.07, 6.45) is 0. The number of para-hydroxylation sites is 1. The summed E-state index contributed by atoms with van der Waals surface area (Å²) in [6, 6.07) is 8.71. The van der Waals surface area contributed by atoms with E-state index in [2.05, 4.69) is 5.73 Å². The average molecular weight is 155 g/mol. The molecule has 0 unspecified atom stereocenters. The number of nitrogens with two attached hydrogens (primary N) is 1. The highest BCUT2D eigenvalue weighted by Gasteiger charge is 1.74. The van der Waals surface area contributed by atoms with Gasteiger partial charge >= 0.3 is 0 Å². The van der Waals surface area contributed by atoms with Crippen molar-refractivity contribution in [3.63, 3.8) is 0 Å². The zero-order chi connectivity index (χ0) is 9.11. The number of hydrogen-bond donors (Lipinski definition) is 2.